The molecule has 0 aliphatic rings. The maximum atomic E-state index is 11.1. The van der Waals surface area contributed by atoms with Crippen LogP contribution in [0.25, 0.3) is 11.1 Å². The molecule has 19 heavy (non-hydrogen) atoms. The Bertz CT molecular complexity index is 606. The molecule has 0 radical (unpaired) electrons. The molecule has 2 atom stereocenters. The zero-order valence-corrected chi connectivity index (χ0v) is 10.8. The number of fused-ring (bicyclic) bond motifs is 1. The third kappa shape index (κ3) is 2.59. The summed E-state index contributed by atoms with van der Waals surface area (Å²) in [5, 5.41) is 10.1. The van der Waals surface area contributed by atoms with Crippen LogP contribution < -0.4 is 11.5 Å². The molecule has 0 spiro atoms. The fraction of sp³-hybridized carbons (Fsp3) is 0.385. The van der Waals surface area contributed by atoms with Gasteiger partial charge in [0.1, 0.15) is 11.6 Å². The van der Waals surface area contributed by atoms with Gasteiger partial charge in [-0.2, -0.15) is 0 Å². The molecular weight excluding hydrogens is 246 g/mol. The van der Waals surface area contributed by atoms with Crippen molar-refractivity contribution in [3.8, 4) is 0 Å². The number of nitrogens with two attached hydrogens (primary N) is 2. The van der Waals surface area contributed by atoms with E-state index in [2.05, 4.69) is 4.98 Å². The fourth-order valence-corrected chi connectivity index (χ4v) is 1.75. The molecule has 0 fully saturated rings. The highest BCUT2D eigenvalue weighted by Gasteiger charge is 2.25. The summed E-state index contributed by atoms with van der Waals surface area (Å²) in [6.07, 6.45) is -0.982. The van der Waals surface area contributed by atoms with Crippen molar-refractivity contribution >= 4 is 17.0 Å². The Kier molecular flexibility index (Phi) is 3.55. The van der Waals surface area contributed by atoms with Crippen molar-refractivity contribution in [1.82, 2.24) is 4.98 Å². The second-order valence-electron chi connectivity index (χ2n) is 4.87. The van der Waals surface area contributed by atoms with E-state index in [1.54, 1.807) is 12.1 Å². The third-order valence-electron chi connectivity index (χ3n) is 3.08. The van der Waals surface area contributed by atoms with Gasteiger partial charge in [-0.05, 0) is 24.1 Å². The van der Waals surface area contributed by atoms with Gasteiger partial charge in [-0.3, -0.25) is 4.79 Å². The van der Waals surface area contributed by atoms with Crippen molar-refractivity contribution in [2.45, 2.75) is 26.0 Å². The number of benzene rings is 1. The van der Waals surface area contributed by atoms with Gasteiger partial charge in [0.25, 0.3) is 0 Å². The van der Waals surface area contributed by atoms with E-state index in [1.165, 1.54) is 6.07 Å². The van der Waals surface area contributed by atoms with Crippen molar-refractivity contribution in [2.75, 3.05) is 0 Å². The number of amides is 1. The van der Waals surface area contributed by atoms with Gasteiger partial charge < -0.3 is 21.0 Å². The first-order valence-corrected chi connectivity index (χ1v) is 6.04. The van der Waals surface area contributed by atoms with Gasteiger partial charge in [0, 0.05) is 11.6 Å². The van der Waals surface area contributed by atoms with Crippen molar-refractivity contribution in [3.05, 3.63) is 29.7 Å². The Balaban J connectivity index is 2.38. The number of rotatable bonds is 4. The number of carbonyl (C=O) groups is 1. The number of aromatic nitrogens is 1. The fourth-order valence-electron chi connectivity index (χ4n) is 1.75. The molecule has 1 aromatic carbocycles. The summed E-state index contributed by atoms with van der Waals surface area (Å²) in [5.74, 6) is -0.296. The minimum Gasteiger partial charge on any atom is -0.438 e. The Labute approximate surface area is 110 Å². The number of hydrogen-bond donors (Lipinski definition) is 3. The second kappa shape index (κ2) is 4.99. The number of oxazole rings is 1. The molecule has 5 N–H and O–H groups in total. The van der Waals surface area contributed by atoms with Crippen molar-refractivity contribution in [1.29, 1.82) is 0 Å². The smallest absolute Gasteiger partial charge is 0.248 e. The number of carbonyl (C=O) groups excluding carboxylic acids is 1. The maximum Gasteiger partial charge on any atom is 0.248 e. The van der Waals surface area contributed by atoms with E-state index in [9.17, 15) is 9.90 Å². The highest BCUT2D eigenvalue weighted by atomic mass is 16.4. The lowest BCUT2D eigenvalue weighted by molar-refractivity contribution is 0.0991. The normalized spacial score (nSPS) is 14.8. The standard InChI is InChI=1S/C13H17N3O3/c1-6(2)10(14)11(17)13-16-8-5-7(12(15)18)3-4-9(8)19-13/h3-6,10-11,17H,14H2,1-2H3,(H2,15,18). The molecule has 0 aliphatic heterocycles. The van der Waals surface area contributed by atoms with E-state index < -0.39 is 18.1 Å². The van der Waals surface area contributed by atoms with E-state index >= 15 is 0 Å². The minimum atomic E-state index is -0.982. The maximum absolute atomic E-state index is 11.1. The van der Waals surface area contributed by atoms with Crippen molar-refractivity contribution < 1.29 is 14.3 Å². The summed E-state index contributed by atoms with van der Waals surface area (Å²) < 4.78 is 5.44. The molecule has 1 heterocycles. The van der Waals surface area contributed by atoms with Gasteiger partial charge in [0.05, 0.1) is 0 Å². The number of primary amides is 1. The second-order valence-corrected chi connectivity index (χ2v) is 4.87. The molecule has 1 amide bonds. The highest BCUT2D eigenvalue weighted by molar-refractivity contribution is 5.95. The van der Waals surface area contributed by atoms with Gasteiger partial charge in [-0.1, -0.05) is 13.8 Å². The summed E-state index contributed by atoms with van der Waals surface area (Å²) in [6.45, 7) is 3.81. The lowest BCUT2D eigenvalue weighted by atomic mass is 10.00. The van der Waals surface area contributed by atoms with Crippen LogP contribution in [0.4, 0.5) is 0 Å². The predicted octanol–water partition coefficient (Wildman–Crippen LogP) is 0.943. The van der Waals surface area contributed by atoms with Crippen molar-refractivity contribution in [2.24, 2.45) is 17.4 Å². The molecular formula is C13H17N3O3. The molecule has 0 aliphatic carbocycles. The number of aliphatic hydroxyl groups excluding tert-OH is 1. The zero-order chi connectivity index (χ0) is 14.2. The van der Waals surface area contributed by atoms with Gasteiger partial charge in [0.2, 0.25) is 11.8 Å². The van der Waals surface area contributed by atoms with Crippen LogP contribution in [0, 0.1) is 5.92 Å². The molecule has 6 nitrogen and oxygen atoms in total. The van der Waals surface area contributed by atoms with E-state index in [1.807, 2.05) is 13.8 Å². The van der Waals surface area contributed by atoms with E-state index in [0.29, 0.717) is 16.7 Å². The van der Waals surface area contributed by atoms with Crippen LogP contribution in [0.5, 0.6) is 0 Å². The molecule has 2 aromatic rings. The molecule has 102 valence electrons. The Morgan fingerprint density at radius 3 is 2.68 bits per heavy atom. The molecule has 0 saturated carbocycles. The van der Waals surface area contributed by atoms with Crippen LogP contribution in [0.15, 0.2) is 22.6 Å². The summed E-state index contributed by atoms with van der Waals surface area (Å²) in [6, 6.07) is 4.20. The molecule has 6 heteroatoms. The van der Waals surface area contributed by atoms with Crippen LogP contribution in [-0.4, -0.2) is 22.0 Å². The largest absolute Gasteiger partial charge is 0.438 e. The molecule has 0 bridgehead atoms. The lowest BCUT2D eigenvalue weighted by Crippen LogP contribution is -2.33. The number of nitrogens with zero attached hydrogens (tertiary/aromatic N) is 1. The quantitative estimate of drug-likeness (QED) is 0.759. The SMILES string of the molecule is CC(C)C(N)C(O)c1nc2cc(C(N)=O)ccc2o1. The number of aliphatic hydroxyl groups is 1. The monoisotopic (exact) mass is 263 g/mol. The Hall–Kier alpha value is -1.92. The average Bonchev–Trinajstić information content (AvgIpc) is 2.79. The average molecular weight is 263 g/mol. The molecule has 2 rings (SSSR count). The topological polar surface area (TPSA) is 115 Å². The lowest BCUT2D eigenvalue weighted by Gasteiger charge is -2.19. The summed E-state index contributed by atoms with van der Waals surface area (Å²) in [5.41, 5.74) is 12.4. The van der Waals surface area contributed by atoms with E-state index in [0.717, 1.165) is 0 Å². The van der Waals surface area contributed by atoms with Crippen LogP contribution in [0.3, 0.4) is 0 Å². The van der Waals surface area contributed by atoms with Gasteiger partial charge in [-0.15, -0.1) is 0 Å². The van der Waals surface area contributed by atoms with E-state index in [4.69, 9.17) is 15.9 Å². The first-order chi connectivity index (χ1) is 8.90. The van der Waals surface area contributed by atoms with Gasteiger partial charge in [-0.25, -0.2) is 4.98 Å². The summed E-state index contributed by atoms with van der Waals surface area (Å²) >= 11 is 0. The first kappa shape index (κ1) is 13.5. The van der Waals surface area contributed by atoms with Crippen LogP contribution in [-0.2, 0) is 0 Å². The van der Waals surface area contributed by atoms with E-state index in [-0.39, 0.29) is 11.8 Å². The van der Waals surface area contributed by atoms with Gasteiger partial charge >= 0.3 is 0 Å². The van der Waals surface area contributed by atoms with Crippen LogP contribution >= 0.6 is 0 Å². The minimum absolute atomic E-state index is 0.0891. The molecule has 0 saturated heterocycles. The van der Waals surface area contributed by atoms with Crippen LogP contribution in [0.2, 0.25) is 0 Å². The molecule has 1 aromatic heterocycles. The third-order valence-corrected chi connectivity index (χ3v) is 3.08. The first-order valence-electron chi connectivity index (χ1n) is 6.04. The van der Waals surface area contributed by atoms with Gasteiger partial charge in [0.15, 0.2) is 5.58 Å². The highest BCUT2D eigenvalue weighted by Crippen LogP contribution is 2.24. The Morgan fingerprint density at radius 1 is 1.42 bits per heavy atom. The Morgan fingerprint density at radius 2 is 2.11 bits per heavy atom. The zero-order valence-electron chi connectivity index (χ0n) is 10.8. The predicted molar refractivity (Wildman–Crippen MR) is 70.3 cm³/mol. The summed E-state index contributed by atoms with van der Waals surface area (Å²) in [7, 11) is 0. The number of hydrogen-bond acceptors (Lipinski definition) is 5. The van der Waals surface area contributed by atoms with Crippen LogP contribution in [0.1, 0.15) is 36.2 Å². The van der Waals surface area contributed by atoms with Crippen molar-refractivity contribution in [3.63, 3.8) is 0 Å². The summed E-state index contributed by atoms with van der Waals surface area (Å²) in [4.78, 5) is 15.2. The molecule has 2 unspecified atom stereocenters.